The van der Waals surface area contributed by atoms with Crippen LogP contribution in [-0.2, 0) is 32.2 Å². The molecule has 2 aliphatic heterocycles. The van der Waals surface area contributed by atoms with Crippen molar-refractivity contribution in [2.24, 2.45) is 0 Å². The molecular formula is C36H46N4O5. The number of nitrogens with one attached hydrogen (secondary N) is 2. The Labute approximate surface area is 266 Å². The van der Waals surface area contributed by atoms with E-state index in [0.29, 0.717) is 43.6 Å². The van der Waals surface area contributed by atoms with Crippen molar-refractivity contribution in [1.82, 2.24) is 10.2 Å². The Kier molecular flexibility index (Phi) is 12.0. The summed E-state index contributed by atoms with van der Waals surface area (Å²) in [7, 11) is 0. The monoisotopic (exact) mass is 614 g/mol. The summed E-state index contributed by atoms with van der Waals surface area (Å²) in [5.74, 6) is -0.149. The highest BCUT2D eigenvalue weighted by Crippen LogP contribution is 2.38. The summed E-state index contributed by atoms with van der Waals surface area (Å²) >= 11 is 0. The number of ether oxygens (including phenoxy) is 2. The molecule has 45 heavy (non-hydrogen) atoms. The first-order chi connectivity index (χ1) is 22.0. The topological polar surface area (TPSA) is 126 Å². The second-order valence-corrected chi connectivity index (χ2v) is 12.1. The number of carbonyl (C=O) groups excluding carboxylic acids is 2. The second kappa shape index (κ2) is 16.5. The fourth-order valence-corrected chi connectivity index (χ4v) is 5.94. The van der Waals surface area contributed by atoms with Crippen molar-refractivity contribution in [3.05, 3.63) is 95.1 Å². The van der Waals surface area contributed by atoms with Gasteiger partial charge in [0.1, 0.15) is 0 Å². The van der Waals surface area contributed by atoms with Crippen LogP contribution in [0.5, 0.6) is 0 Å². The minimum atomic E-state index is -0.491. The van der Waals surface area contributed by atoms with Crippen molar-refractivity contribution >= 4 is 23.2 Å². The molecule has 0 spiro atoms. The van der Waals surface area contributed by atoms with Crippen LogP contribution in [0, 0.1) is 0 Å². The third-order valence-electron chi connectivity index (χ3n) is 8.56. The maximum atomic E-state index is 12.4. The van der Waals surface area contributed by atoms with Crippen LogP contribution in [0.25, 0.3) is 0 Å². The fourth-order valence-electron chi connectivity index (χ4n) is 5.94. The fraction of sp³-hybridized carbons (Fsp3) is 0.444. The number of hydrogen-bond acceptors (Lipinski definition) is 7. The van der Waals surface area contributed by atoms with E-state index in [1.54, 1.807) is 12.1 Å². The average Bonchev–Trinajstić information content (AvgIpc) is 3.07. The van der Waals surface area contributed by atoms with Crippen LogP contribution in [0.4, 0.5) is 11.4 Å². The number of benzene rings is 3. The lowest BCUT2D eigenvalue weighted by Gasteiger charge is -2.39. The molecule has 3 aromatic rings. The predicted octanol–water partition coefficient (Wildman–Crippen LogP) is 5.61. The molecule has 3 aromatic carbocycles. The van der Waals surface area contributed by atoms with Crippen molar-refractivity contribution in [2.45, 2.75) is 83.0 Å². The van der Waals surface area contributed by atoms with Gasteiger partial charge < -0.3 is 35.8 Å². The molecule has 0 unspecified atom stereocenters. The van der Waals surface area contributed by atoms with Crippen LogP contribution in [0.15, 0.2) is 72.8 Å². The zero-order valence-electron chi connectivity index (χ0n) is 26.0. The second-order valence-electron chi connectivity index (χ2n) is 12.1. The molecule has 2 amide bonds. The van der Waals surface area contributed by atoms with E-state index in [1.165, 1.54) is 19.3 Å². The molecule has 0 aliphatic carbocycles. The third-order valence-corrected chi connectivity index (χ3v) is 8.56. The average molecular weight is 615 g/mol. The van der Waals surface area contributed by atoms with Gasteiger partial charge >= 0.3 is 0 Å². The van der Waals surface area contributed by atoms with Crippen molar-refractivity contribution in [3.8, 4) is 0 Å². The molecule has 0 bridgehead atoms. The normalized spacial score (nSPS) is 20.4. The summed E-state index contributed by atoms with van der Waals surface area (Å²) in [4.78, 5) is 27.1. The molecule has 0 aromatic heterocycles. The number of nitrogens with zero attached hydrogens (tertiary/aromatic N) is 1. The third kappa shape index (κ3) is 9.86. The SMILES string of the molecule is Nc1ccccc1NC(=O)CCCCC(=O)NCc1ccc([C@@H]2O[C@H](CN3CCCCC3)C[C@H](c3ccc(CO)cc3)O2)cc1. The summed E-state index contributed by atoms with van der Waals surface area (Å²) < 4.78 is 13.0. The number of aliphatic hydroxyl groups excluding tert-OH is 1. The number of anilines is 2. The van der Waals surface area contributed by atoms with Gasteiger partial charge in [-0.15, -0.1) is 0 Å². The first-order valence-corrected chi connectivity index (χ1v) is 16.2. The lowest BCUT2D eigenvalue weighted by molar-refractivity contribution is -0.253. The Bertz CT molecular complexity index is 1370. The number of nitrogen functional groups attached to an aromatic ring is 1. The van der Waals surface area contributed by atoms with Gasteiger partial charge in [0.25, 0.3) is 0 Å². The smallest absolute Gasteiger partial charge is 0.224 e. The predicted molar refractivity (Wildman–Crippen MR) is 175 cm³/mol. The number of unbranched alkanes of at least 4 members (excludes halogenated alkanes) is 1. The van der Waals surface area contributed by atoms with Crippen LogP contribution in [-0.4, -0.2) is 47.6 Å². The number of para-hydroxylation sites is 2. The number of likely N-dealkylation sites (tertiary alicyclic amines) is 1. The molecule has 2 fully saturated rings. The van der Waals surface area contributed by atoms with E-state index in [2.05, 4.69) is 15.5 Å². The number of carbonyl (C=O) groups is 2. The Morgan fingerprint density at radius 2 is 1.49 bits per heavy atom. The number of amides is 2. The van der Waals surface area contributed by atoms with Crippen LogP contribution >= 0.6 is 0 Å². The molecule has 2 heterocycles. The lowest BCUT2D eigenvalue weighted by Crippen LogP contribution is -2.41. The van der Waals surface area contributed by atoms with E-state index in [0.717, 1.165) is 48.3 Å². The highest BCUT2D eigenvalue weighted by molar-refractivity contribution is 5.93. The van der Waals surface area contributed by atoms with Crippen LogP contribution < -0.4 is 16.4 Å². The Balaban J connectivity index is 1.09. The highest BCUT2D eigenvalue weighted by Gasteiger charge is 2.33. The van der Waals surface area contributed by atoms with Crippen LogP contribution in [0.1, 0.15) is 86.0 Å². The molecule has 2 aliphatic rings. The van der Waals surface area contributed by atoms with Gasteiger partial charge in [0.15, 0.2) is 6.29 Å². The number of aliphatic hydroxyl groups is 1. The zero-order valence-corrected chi connectivity index (χ0v) is 26.0. The van der Waals surface area contributed by atoms with Gasteiger partial charge in [0.2, 0.25) is 11.8 Å². The zero-order chi connectivity index (χ0) is 31.4. The van der Waals surface area contributed by atoms with E-state index in [9.17, 15) is 14.7 Å². The molecule has 9 heteroatoms. The van der Waals surface area contributed by atoms with Gasteiger partial charge in [-0.1, -0.05) is 67.1 Å². The van der Waals surface area contributed by atoms with Gasteiger partial charge in [-0.2, -0.15) is 0 Å². The van der Waals surface area contributed by atoms with Gasteiger partial charge in [0.05, 0.1) is 30.2 Å². The number of piperidine rings is 1. The summed E-state index contributed by atoms with van der Waals surface area (Å²) in [6, 6.07) is 23.2. The van der Waals surface area contributed by atoms with Crippen LogP contribution in [0.3, 0.4) is 0 Å². The summed E-state index contributed by atoms with van der Waals surface area (Å²) in [5.41, 5.74) is 10.9. The number of hydrogen-bond donors (Lipinski definition) is 4. The first kappa shape index (κ1) is 32.6. The van der Waals surface area contributed by atoms with E-state index in [-0.39, 0.29) is 30.6 Å². The first-order valence-electron chi connectivity index (χ1n) is 16.2. The van der Waals surface area contributed by atoms with E-state index < -0.39 is 6.29 Å². The molecule has 3 atom stereocenters. The summed E-state index contributed by atoms with van der Waals surface area (Å²) in [6.07, 6.45) is 5.94. The number of rotatable bonds is 13. The standard InChI is InChI=1S/C36H46N4O5/c37-31-8-2-3-9-32(31)39-35(43)11-5-4-10-34(42)38-23-26-12-18-29(19-13-26)36-44-30(24-40-20-6-1-7-21-40)22-33(45-36)28-16-14-27(25-41)15-17-28/h2-3,8-9,12-19,30,33,36,41H,1,4-7,10-11,20-25,37H2,(H,38,42)(H,39,43)/t30-,33+,36+/m0/s1. The molecular weight excluding hydrogens is 568 g/mol. The largest absolute Gasteiger partial charge is 0.397 e. The quantitative estimate of drug-likeness (QED) is 0.146. The molecule has 9 nitrogen and oxygen atoms in total. The van der Waals surface area contributed by atoms with Crippen LogP contribution in [0.2, 0.25) is 0 Å². The van der Waals surface area contributed by atoms with Gasteiger partial charge in [-0.3, -0.25) is 9.59 Å². The van der Waals surface area contributed by atoms with Crippen molar-refractivity contribution < 1.29 is 24.2 Å². The summed E-state index contributed by atoms with van der Waals surface area (Å²) in [6.45, 7) is 3.56. The lowest BCUT2D eigenvalue weighted by atomic mass is 9.99. The Hall–Kier alpha value is -3.76. The summed E-state index contributed by atoms with van der Waals surface area (Å²) in [5, 5.41) is 15.3. The Morgan fingerprint density at radius 3 is 2.20 bits per heavy atom. The molecule has 0 radical (unpaired) electrons. The molecule has 0 saturated carbocycles. The van der Waals surface area contributed by atoms with Crippen molar-refractivity contribution in [3.63, 3.8) is 0 Å². The van der Waals surface area contributed by atoms with Gasteiger partial charge in [-0.25, -0.2) is 0 Å². The van der Waals surface area contributed by atoms with E-state index in [4.69, 9.17) is 15.2 Å². The van der Waals surface area contributed by atoms with Gasteiger partial charge in [-0.05, 0) is 67.6 Å². The molecule has 5 rings (SSSR count). The Morgan fingerprint density at radius 1 is 0.822 bits per heavy atom. The maximum absolute atomic E-state index is 12.4. The van der Waals surface area contributed by atoms with E-state index in [1.807, 2.05) is 60.7 Å². The molecule has 5 N–H and O–H groups in total. The maximum Gasteiger partial charge on any atom is 0.224 e. The molecule has 240 valence electrons. The highest BCUT2D eigenvalue weighted by atomic mass is 16.7. The number of nitrogens with two attached hydrogens (primary N) is 1. The van der Waals surface area contributed by atoms with Crippen molar-refractivity contribution in [2.75, 3.05) is 30.7 Å². The minimum Gasteiger partial charge on any atom is -0.397 e. The van der Waals surface area contributed by atoms with E-state index >= 15 is 0 Å². The molecule has 2 saturated heterocycles. The minimum absolute atomic E-state index is 0.0199. The van der Waals surface area contributed by atoms with Crippen molar-refractivity contribution in [1.29, 1.82) is 0 Å². The van der Waals surface area contributed by atoms with Gasteiger partial charge in [0, 0.05) is 37.9 Å².